The number of halogens is 5. The number of nitrogens with one attached hydrogen (secondary N) is 1. The maximum absolute atomic E-state index is 13.3. The molecule has 162 valence electrons. The maximum Gasteiger partial charge on any atom is 0.418 e. The van der Waals surface area contributed by atoms with Crippen LogP contribution in [-0.2, 0) is 10.9 Å². The average Bonchev–Trinajstić information content (AvgIpc) is 2.54. The lowest BCUT2D eigenvalue weighted by molar-refractivity contribution is -0.137. The van der Waals surface area contributed by atoms with Gasteiger partial charge in [0.25, 0.3) is 0 Å². The van der Waals surface area contributed by atoms with Gasteiger partial charge in [0.15, 0.2) is 0 Å². The molecule has 1 N–H and O–H groups in total. The van der Waals surface area contributed by atoms with Crippen LogP contribution in [0.15, 0.2) is 16.6 Å². The second-order valence-electron chi connectivity index (χ2n) is 7.71. The van der Waals surface area contributed by atoms with Crippen molar-refractivity contribution in [3.63, 3.8) is 0 Å². The van der Waals surface area contributed by atoms with Crippen molar-refractivity contribution >= 4 is 45.3 Å². The summed E-state index contributed by atoms with van der Waals surface area (Å²) in [6, 6.07) is 1.03. The summed E-state index contributed by atoms with van der Waals surface area (Å²) < 4.78 is 45.5. The van der Waals surface area contributed by atoms with Crippen LogP contribution in [-0.4, -0.2) is 53.2 Å². The van der Waals surface area contributed by atoms with Crippen LogP contribution in [0.2, 0.25) is 5.02 Å². The summed E-state index contributed by atoms with van der Waals surface area (Å²) in [6.45, 7) is 7.46. The number of nitrogens with zero attached hydrogens (tertiary/aromatic N) is 2. The zero-order valence-electron chi connectivity index (χ0n) is 16.4. The minimum atomic E-state index is -4.70. The summed E-state index contributed by atoms with van der Waals surface area (Å²) in [5.41, 5.74) is -2.21. The highest BCUT2D eigenvalue weighted by atomic mass is 79.9. The lowest BCUT2D eigenvalue weighted by atomic mass is 10.1. The summed E-state index contributed by atoms with van der Waals surface area (Å²) >= 11 is 8.92. The largest absolute Gasteiger partial charge is 0.444 e. The van der Waals surface area contributed by atoms with E-state index in [1.807, 2.05) is 0 Å². The van der Waals surface area contributed by atoms with Crippen molar-refractivity contribution in [2.45, 2.75) is 45.5 Å². The summed E-state index contributed by atoms with van der Waals surface area (Å²) in [7, 11) is 0. The molecule has 2 rings (SSSR count). The number of benzene rings is 1. The van der Waals surface area contributed by atoms with Crippen LogP contribution in [0, 0.1) is 0 Å². The predicted molar refractivity (Wildman–Crippen MR) is 107 cm³/mol. The van der Waals surface area contributed by atoms with Crippen molar-refractivity contribution < 1.29 is 27.5 Å². The fourth-order valence-corrected chi connectivity index (χ4v) is 3.70. The van der Waals surface area contributed by atoms with E-state index in [9.17, 15) is 22.8 Å². The van der Waals surface area contributed by atoms with Gasteiger partial charge < -0.3 is 19.9 Å². The van der Waals surface area contributed by atoms with Gasteiger partial charge in [-0.2, -0.15) is 13.2 Å². The molecule has 0 aromatic heterocycles. The molecule has 1 heterocycles. The Morgan fingerprint density at radius 3 is 2.38 bits per heavy atom. The van der Waals surface area contributed by atoms with Crippen molar-refractivity contribution in [1.29, 1.82) is 0 Å². The monoisotopic (exact) mass is 499 g/mol. The molecule has 1 aromatic carbocycles. The first-order valence-electron chi connectivity index (χ1n) is 8.81. The number of ether oxygens (including phenoxy) is 1. The first kappa shape index (κ1) is 23.6. The van der Waals surface area contributed by atoms with Gasteiger partial charge in [-0.25, -0.2) is 9.59 Å². The molecule has 6 nitrogen and oxygen atoms in total. The van der Waals surface area contributed by atoms with Gasteiger partial charge in [-0.1, -0.05) is 27.5 Å². The molecule has 3 amide bonds. The summed E-state index contributed by atoms with van der Waals surface area (Å²) in [5.74, 6) is 0. The second kappa shape index (κ2) is 8.59. The van der Waals surface area contributed by atoms with Crippen LogP contribution in [0.4, 0.5) is 28.4 Å². The van der Waals surface area contributed by atoms with Gasteiger partial charge in [0.1, 0.15) is 5.60 Å². The highest BCUT2D eigenvalue weighted by molar-refractivity contribution is 9.10. The first-order valence-corrected chi connectivity index (χ1v) is 9.98. The lowest BCUT2D eigenvalue weighted by Crippen LogP contribution is -2.57. The maximum atomic E-state index is 13.3. The van der Waals surface area contributed by atoms with E-state index in [2.05, 4.69) is 21.2 Å². The molecule has 0 bridgehead atoms. The summed E-state index contributed by atoms with van der Waals surface area (Å²) in [6.07, 6.45) is -5.20. The fourth-order valence-electron chi connectivity index (χ4n) is 2.84. The zero-order chi connectivity index (χ0) is 22.1. The average molecular weight is 501 g/mol. The van der Waals surface area contributed by atoms with Gasteiger partial charge in [0, 0.05) is 30.1 Å². The molecule has 29 heavy (non-hydrogen) atoms. The lowest BCUT2D eigenvalue weighted by Gasteiger charge is -2.40. The Morgan fingerprint density at radius 1 is 1.24 bits per heavy atom. The third-order valence-corrected chi connectivity index (χ3v) is 4.89. The number of hydrogen-bond acceptors (Lipinski definition) is 3. The Labute approximate surface area is 180 Å². The van der Waals surface area contributed by atoms with Crippen LogP contribution in [0.1, 0.15) is 33.3 Å². The van der Waals surface area contributed by atoms with Crippen LogP contribution >= 0.6 is 27.5 Å². The normalized spacial score (nSPS) is 17.9. The SMILES string of the molecule is CC1CN(C(=O)Nc2c(Cl)cc(Br)cc2C(F)(F)F)CCN1C(=O)OC(C)(C)C. The quantitative estimate of drug-likeness (QED) is 0.546. The minimum absolute atomic E-state index is 0.139. The van der Waals surface area contributed by atoms with E-state index in [-0.39, 0.29) is 35.2 Å². The van der Waals surface area contributed by atoms with Gasteiger partial charge in [-0.05, 0) is 39.8 Å². The summed E-state index contributed by atoms with van der Waals surface area (Å²) in [5, 5.41) is 2.03. The number of carbonyl (C=O) groups excluding carboxylic acids is 2. The number of alkyl halides is 3. The van der Waals surface area contributed by atoms with Crippen molar-refractivity contribution in [2.24, 2.45) is 0 Å². The third-order valence-electron chi connectivity index (χ3n) is 4.14. The standard InChI is InChI=1S/C18H22BrClF3N3O3/c1-10-9-25(5-6-26(10)16(28)29-17(2,3)4)15(27)24-14-12(18(21,22)23)7-11(19)8-13(14)20/h7-8,10H,5-6,9H2,1-4H3,(H,24,27). The Kier molecular flexibility index (Phi) is 6.99. The molecule has 0 saturated carbocycles. The Morgan fingerprint density at radius 2 is 1.86 bits per heavy atom. The van der Waals surface area contributed by atoms with E-state index in [0.717, 1.165) is 6.07 Å². The molecule has 0 spiro atoms. The molecule has 11 heteroatoms. The number of amides is 3. The Balaban J connectivity index is 2.12. The van der Waals surface area contributed by atoms with Crippen molar-refractivity contribution in [1.82, 2.24) is 9.80 Å². The van der Waals surface area contributed by atoms with E-state index in [4.69, 9.17) is 16.3 Å². The number of carbonyl (C=O) groups is 2. The fraction of sp³-hybridized carbons (Fsp3) is 0.556. The smallest absolute Gasteiger partial charge is 0.418 e. The van der Waals surface area contributed by atoms with Gasteiger partial charge in [0.05, 0.1) is 16.3 Å². The second-order valence-corrected chi connectivity index (χ2v) is 9.03. The molecule has 0 aliphatic carbocycles. The van der Waals surface area contributed by atoms with E-state index < -0.39 is 35.2 Å². The molecule has 1 saturated heterocycles. The van der Waals surface area contributed by atoms with Gasteiger partial charge >= 0.3 is 18.3 Å². The topological polar surface area (TPSA) is 61.9 Å². The summed E-state index contributed by atoms with van der Waals surface area (Å²) in [4.78, 5) is 27.7. The van der Waals surface area contributed by atoms with Crippen molar-refractivity contribution in [2.75, 3.05) is 25.0 Å². The van der Waals surface area contributed by atoms with Gasteiger partial charge in [0.2, 0.25) is 0 Å². The molecular formula is C18H22BrClF3N3O3. The highest BCUT2D eigenvalue weighted by Crippen LogP contribution is 2.40. The molecule has 1 aromatic rings. The molecule has 1 unspecified atom stereocenters. The Hall–Kier alpha value is -1.68. The molecule has 1 atom stereocenters. The molecule has 0 radical (unpaired) electrons. The van der Waals surface area contributed by atoms with Crippen molar-refractivity contribution in [3.8, 4) is 0 Å². The zero-order valence-corrected chi connectivity index (χ0v) is 18.7. The minimum Gasteiger partial charge on any atom is -0.444 e. The van der Waals surface area contributed by atoms with E-state index in [1.165, 1.54) is 15.9 Å². The Bertz CT molecular complexity index is 799. The number of hydrogen-bond donors (Lipinski definition) is 1. The van der Waals surface area contributed by atoms with Crippen LogP contribution in [0.5, 0.6) is 0 Å². The van der Waals surface area contributed by atoms with Crippen LogP contribution < -0.4 is 5.32 Å². The number of rotatable bonds is 1. The predicted octanol–water partition coefficient (Wildman–Crippen LogP) is 5.59. The number of piperazine rings is 1. The number of urea groups is 1. The molecule has 1 aliphatic rings. The van der Waals surface area contributed by atoms with E-state index >= 15 is 0 Å². The van der Waals surface area contributed by atoms with E-state index in [1.54, 1.807) is 27.7 Å². The molecule has 1 fully saturated rings. The van der Waals surface area contributed by atoms with Crippen LogP contribution in [0.25, 0.3) is 0 Å². The molecule has 1 aliphatic heterocycles. The van der Waals surface area contributed by atoms with Gasteiger partial charge in [-0.15, -0.1) is 0 Å². The third kappa shape index (κ3) is 6.15. The van der Waals surface area contributed by atoms with Gasteiger partial charge in [-0.3, -0.25) is 0 Å². The van der Waals surface area contributed by atoms with Crippen molar-refractivity contribution in [3.05, 3.63) is 27.2 Å². The van der Waals surface area contributed by atoms with E-state index in [0.29, 0.717) is 0 Å². The highest BCUT2D eigenvalue weighted by Gasteiger charge is 2.37. The number of anilines is 1. The molecular weight excluding hydrogens is 479 g/mol. The first-order chi connectivity index (χ1) is 13.2. The van der Waals surface area contributed by atoms with Crippen LogP contribution in [0.3, 0.4) is 0 Å².